The fraction of sp³-hybridized carbons (Fsp3) is 0.464. The maximum absolute atomic E-state index is 12.8. The van der Waals surface area contributed by atoms with Gasteiger partial charge in [0, 0.05) is 32.2 Å². The molecule has 5 atom stereocenters. The van der Waals surface area contributed by atoms with Crippen molar-refractivity contribution in [2.24, 2.45) is 5.92 Å². The van der Waals surface area contributed by atoms with Gasteiger partial charge >= 0.3 is 0 Å². The van der Waals surface area contributed by atoms with E-state index in [2.05, 4.69) is 30.6 Å². The molecule has 2 amide bonds. The van der Waals surface area contributed by atoms with Crippen molar-refractivity contribution in [3.05, 3.63) is 53.6 Å². The van der Waals surface area contributed by atoms with Crippen molar-refractivity contribution in [3.63, 3.8) is 0 Å². The van der Waals surface area contributed by atoms with Gasteiger partial charge in [-0.3, -0.25) is 9.59 Å². The van der Waals surface area contributed by atoms with Crippen LogP contribution in [0.2, 0.25) is 0 Å². The number of carbonyl (C=O) groups is 2. The quantitative estimate of drug-likeness (QED) is 0.668. The molecular formula is C28H34N4O3. The highest BCUT2D eigenvalue weighted by atomic mass is 16.5. The lowest BCUT2D eigenvalue weighted by atomic mass is 9.88. The molecular weight excluding hydrogens is 440 g/mol. The Bertz CT molecular complexity index is 1160. The van der Waals surface area contributed by atoms with E-state index < -0.39 is 11.6 Å². The van der Waals surface area contributed by atoms with Gasteiger partial charge in [0.25, 0.3) is 5.91 Å². The van der Waals surface area contributed by atoms with Gasteiger partial charge in [0.1, 0.15) is 6.04 Å². The summed E-state index contributed by atoms with van der Waals surface area (Å²) in [4.78, 5) is 27.1. The van der Waals surface area contributed by atoms with Gasteiger partial charge in [-0.2, -0.15) is 5.26 Å². The Morgan fingerprint density at radius 3 is 2.57 bits per heavy atom. The standard InChI is InChI=1S/C28H34N4O3/c1-17-6-7-18(2)30-25(17)26(33)31-22(16-29)14-19-8-10-20(11-9-19)21-12-13-23-24(15-21)32(4)27(34)28(23,3)35-5/h8-13,15,17-18,22,25,30H,6-7,14H2,1-5H3,(H,31,33)/t17-,18+,22+,25+,28?/m1/s1. The van der Waals surface area contributed by atoms with Crippen molar-refractivity contribution in [1.29, 1.82) is 5.26 Å². The first kappa shape index (κ1) is 24.9. The van der Waals surface area contributed by atoms with E-state index in [1.165, 1.54) is 0 Å². The molecule has 1 unspecified atom stereocenters. The molecule has 184 valence electrons. The third kappa shape index (κ3) is 4.69. The maximum Gasteiger partial charge on any atom is 0.263 e. The van der Waals surface area contributed by atoms with Gasteiger partial charge < -0.3 is 20.3 Å². The molecule has 1 fully saturated rings. The third-order valence-corrected chi connectivity index (χ3v) is 7.56. The van der Waals surface area contributed by atoms with Crippen molar-refractivity contribution < 1.29 is 14.3 Å². The summed E-state index contributed by atoms with van der Waals surface area (Å²) < 4.78 is 5.54. The Morgan fingerprint density at radius 2 is 1.91 bits per heavy atom. The van der Waals surface area contributed by atoms with Crippen molar-refractivity contribution in [3.8, 4) is 17.2 Å². The van der Waals surface area contributed by atoms with Gasteiger partial charge in [-0.15, -0.1) is 0 Å². The molecule has 2 aliphatic rings. The SMILES string of the molecule is COC1(C)C(=O)N(C)c2cc(-c3ccc(C[C@@H](C#N)NC(=O)[C@H]4N[C@@H](C)CC[C@H]4C)cc3)ccc21. The molecule has 0 saturated carbocycles. The van der Waals surface area contributed by atoms with E-state index in [9.17, 15) is 14.9 Å². The number of benzene rings is 2. The van der Waals surface area contributed by atoms with E-state index in [0.29, 0.717) is 12.5 Å². The van der Waals surface area contributed by atoms with Gasteiger partial charge in [0.2, 0.25) is 5.91 Å². The lowest BCUT2D eigenvalue weighted by Gasteiger charge is -2.33. The monoisotopic (exact) mass is 474 g/mol. The van der Waals surface area contributed by atoms with Crippen LogP contribution >= 0.6 is 0 Å². The summed E-state index contributed by atoms with van der Waals surface area (Å²) in [5.74, 6) is 0.0553. The minimum absolute atomic E-state index is 0.0839. The van der Waals surface area contributed by atoms with Crippen LogP contribution in [0.15, 0.2) is 42.5 Å². The molecule has 2 aliphatic heterocycles. The summed E-state index contributed by atoms with van der Waals surface area (Å²) in [7, 11) is 3.32. The van der Waals surface area contributed by atoms with Crippen LogP contribution in [0, 0.1) is 17.2 Å². The van der Waals surface area contributed by atoms with E-state index in [1.807, 2.05) is 42.5 Å². The second-order valence-electron chi connectivity index (χ2n) is 10.0. The summed E-state index contributed by atoms with van der Waals surface area (Å²) in [5, 5.41) is 15.9. The molecule has 1 saturated heterocycles. The molecule has 2 N–H and O–H groups in total. The number of rotatable bonds is 6. The highest BCUT2D eigenvalue weighted by Gasteiger charge is 2.46. The molecule has 0 spiro atoms. The number of likely N-dealkylation sites (N-methyl/N-ethyl adjacent to an activating group) is 1. The van der Waals surface area contributed by atoms with Crippen LogP contribution in [0.5, 0.6) is 0 Å². The van der Waals surface area contributed by atoms with Crippen LogP contribution < -0.4 is 15.5 Å². The van der Waals surface area contributed by atoms with Crippen LogP contribution in [-0.4, -0.2) is 44.1 Å². The molecule has 0 bridgehead atoms. The molecule has 0 aliphatic carbocycles. The Hall–Kier alpha value is -3.21. The lowest BCUT2D eigenvalue weighted by Crippen LogP contribution is -2.55. The van der Waals surface area contributed by atoms with Crippen molar-refractivity contribution in [2.75, 3.05) is 19.1 Å². The normalized spacial score (nSPS) is 26.7. The summed E-state index contributed by atoms with van der Waals surface area (Å²) in [6, 6.07) is 15.6. The molecule has 4 rings (SSSR count). The Morgan fingerprint density at radius 1 is 1.23 bits per heavy atom. The van der Waals surface area contributed by atoms with Gasteiger partial charge in [0.15, 0.2) is 5.60 Å². The molecule has 0 radical (unpaired) electrons. The highest BCUT2D eigenvalue weighted by molar-refractivity contribution is 6.07. The number of piperidine rings is 1. The molecule has 7 heteroatoms. The van der Waals surface area contributed by atoms with E-state index in [4.69, 9.17) is 4.74 Å². The van der Waals surface area contributed by atoms with Crippen LogP contribution in [0.25, 0.3) is 11.1 Å². The van der Waals surface area contributed by atoms with Crippen LogP contribution in [0.1, 0.15) is 44.7 Å². The van der Waals surface area contributed by atoms with Crippen LogP contribution in [-0.2, 0) is 26.3 Å². The van der Waals surface area contributed by atoms with Crippen molar-refractivity contribution in [1.82, 2.24) is 10.6 Å². The van der Waals surface area contributed by atoms with E-state index in [1.54, 1.807) is 26.0 Å². The Labute approximate surface area is 207 Å². The first-order chi connectivity index (χ1) is 16.7. The molecule has 35 heavy (non-hydrogen) atoms. The summed E-state index contributed by atoms with van der Waals surface area (Å²) in [6.07, 6.45) is 2.50. The Balaban J connectivity index is 1.45. The molecule has 2 aromatic rings. The van der Waals surface area contributed by atoms with Gasteiger partial charge in [-0.05, 0) is 55.4 Å². The van der Waals surface area contributed by atoms with E-state index in [-0.39, 0.29) is 23.8 Å². The zero-order chi connectivity index (χ0) is 25.3. The largest absolute Gasteiger partial charge is 0.364 e. The number of nitriles is 1. The predicted molar refractivity (Wildman–Crippen MR) is 136 cm³/mol. The predicted octanol–water partition coefficient (Wildman–Crippen LogP) is 3.52. The number of anilines is 1. The number of methoxy groups -OCH3 is 1. The fourth-order valence-electron chi connectivity index (χ4n) is 5.16. The average Bonchev–Trinajstić information content (AvgIpc) is 3.06. The van der Waals surface area contributed by atoms with Gasteiger partial charge in [-0.1, -0.05) is 43.3 Å². The minimum atomic E-state index is -0.966. The second kappa shape index (κ2) is 9.80. The highest BCUT2D eigenvalue weighted by Crippen LogP contribution is 2.43. The Kier molecular flexibility index (Phi) is 6.98. The zero-order valence-corrected chi connectivity index (χ0v) is 21.1. The minimum Gasteiger partial charge on any atom is -0.364 e. The zero-order valence-electron chi connectivity index (χ0n) is 21.1. The second-order valence-corrected chi connectivity index (χ2v) is 10.0. The number of nitrogens with zero attached hydrogens (tertiary/aromatic N) is 2. The fourth-order valence-corrected chi connectivity index (χ4v) is 5.16. The summed E-state index contributed by atoms with van der Waals surface area (Å²) >= 11 is 0. The first-order valence-electron chi connectivity index (χ1n) is 12.2. The van der Waals surface area contributed by atoms with Crippen LogP contribution in [0.4, 0.5) is 5.69 Å². The number of hydrogen-bond acceptors (Lipinski definition) is 5. The number of ether oxygens (including phenoxy) is 1. The van der Waals surface area contributed by atoms with Crippen molar-refractivity contribution >= 4 is 17.5 Å². The number of fused-ring (bicyclic) bond motifs is 1. The van der Waals surface area contributed by atoms with Gasteiger partial charge in [0.05, 0.1) is 17.8 Å². The van der Waals surface area contributed by atoms with E-state index >= 15 is 0 Å². The smallest absolute Gasteiger partial charge is 0.263 e. The lowest BCUT2D eigenvalue weighted by molar-refractivity contribution is -0.137. The van der Waals surface area contributed by atoms with Crippen LogP contribution in [0.3, 0.4) is 0 Å². The molecule has 0 aromatic heterocycles. The molecule has 2 aromatic carbocycles. The number of carbonyl (C=O) groups excluding carboxylic acids is 2. The molecule has 7 nitrogen and oxygen atoms in total. The summed E-state index contributed by atoms with van der Waals surface area (Å²) in [6.45, 7) is 5.95. The number of hydrogen-bond donors (Lipinski definition) is 2. The molecule has 2 heterocycles. The first-order valence-corrected chi connectivity index (χ1v) is 12.2. The topological polar surface area (TPSA) is 94.5 Å². The summed E-state index contributed by atoms with van der Waals surface area (Å²) in [5.41, 5.74) is 3.71. The maximum atomic E-state index is 12.8. The third-order valence-electron chi connectivity index (χ3n) is 7.56. The number of nitrogens with one attached hydrogen (secondary N) is 2. The van der Waals surface area contributed by atoms with Gasteiger partial charge in [-0.25, -0.2) is 0 Å². The van der Waals surface area contributed by atoms with Crippen molar-refractivity contribution in [2.45, 2.75) is 63.8 Å². The average molecular weight is 475 g/mol. The van der Waals surface area contributed by atoms with E-state index in [0.717, 1.165) is 40.8 Å². The number of amides is 2.